The van der Waals surface area contributed by atoms with E-state index < -0.39 is 0 Å². The number of aromatic nitrogens is 2. The number of aliphatic imine (C=N–C) groups is 1. The van der Waals surface area contributed by atoms with E-state index in [1.165, 1.54) is 11.3 Å². The van der Waals surface area contributed by atoms with Gasteiger partial charge in [-0.1, -0.05) is 42.5 Å². The number of rotatable bonds is 2. The van der Waals surface area contributed by atoms with Gasteiger partial charge >= 0.3 is 0 Å². The third-order valence-corrected chi connectivity index (χ3v) is 8.18. The Morgan fingerprint density at radius 1 is 0.692 bits per heavy atom. The molecule has 4 aromatic carbocycles. The summed E-state index contributed by atoms with van der Waals surface area (Å²) in [5.41, 5.74) is 9.72. The first-order valence-electron chi connectivity index (χ1n) is 13.2. The summed E-state index contributed by atoms with van der Waals surface area (Å²) in [6.07, 6.45) is 8.09. The Morgan fingerprint density at radius 2 is 1.46 bits per heavy atom. The Bertz CT molecular complexity index is 2110. The summed E-state index contributed by atoms with van der Waals surface area (Å²) in [6.45, 7) is 0. The number of dihydropyridines is 1. The van der Waals surface area contributed by atoms with Gasteiger partial charge in [0, 0.05) is 51.2 Å². The van der Waals surface area contributed by atoms with Crippen molar-refractivity contribution in [1.82, 2.24) is 9.55 Å². The van der Waals surface area contributed by atoms with Gasteiger partial charge in [0.25, 0.3) is 0 Å². The standard InChI is InChI=1S/C34H22N4O/c1-3-9-27-23(7-1)33-29(11-5-17-35-33)37(27)21-13-15-31-25(19-21)26-20-22(14-16-32(26)39-31)38-28-10-4-2-8-24(28)34-30(38)12-6-18-36-34/h1-20,29,33H. The minimum absolute atomic E-state index is 0.110. The number of benzene rings is 4. The zero-order chi connectivity index (χ0) is 25.5. The molecule has 5 nitrogen and oxygen atoms in total. The average molecular weight is 503 g/mol. The molecule has 2 aliphatic heterocycles. The Balaban J connectivity index is 1.26. The molecule has 2 unspecified atom stereocenters. The van der Waals surface area contributed by atoms with Gasteiger partial charge in [0.15, 0.2) is 0 Å². The van der Waals surface area contributed by atoms with E-state index in [0.717, 1.165) is 55.2 Å². The van der Waals surface area contributed by atoms with Gasteiger partial charge in [-0.2, -0.15) is 0 Å². The van der Waals surface area contributed by atoms with E-state index in [1.807, 2.05) is 18.5 Å². The van der Waals surface area contributed by atoms with Gasteiger partial charge in [0.2, 0.25) is 0 Å². The van der Waals surface area contributed by atoms with Crippen molar-refractivity contribution in [3.63, 3.8) is 0 Å². The Labute approximate surface area is 223 Å². The molecule has 0 fully saturated rings. The van der Waals surface area contributed by atoms with E-state index >= 15 is 0 Å². The van der Waals surface area contributed by atoms with Crippen LogP contribution in [0.4, 0.5) is 11.4 Å². The lowest BCUT2D eigenvalue weighted by molar-refractivity contribution is 0.664. The predicted molar refractivity (Wildman–Crippen MR) is 159 cm³/mol. The van der Waals surface area contributed by atoms with Crippen molar-refractivity contribution in [3.8, 4) is 5.69 Å². The Morgan fingerprint density at radius 3 is 2.38 bits per heavy atom. The van der Waals surface area contributed by atoms with Gasteiger partial charge in [-0.25, -0.2) is 0 Å². The molecular formula is C34H22N4O. The number of para-hydroxylation sites is 2. The highest BCUT2D eigenvalue weighted by atomic mass is 16.3. The summed E-state index contributed by atoms with van der Waals surface area (Å²) in [5, 5.41) is 3.35. The maximum Gasteiger partial charge on any atom is 0.135 e. The lowest BCUT2D eigenvalue weighted by atomic mass is 10.0. The topological polar surface area (TPSA) is 46.6 Å². The van der Waals surface area contributed by atoms with Crippen LogP contribution in [0.25, 0.3) is 49.6 Å². The molecule has 2 atom stereocenters. The molecule has 3 aromatic heterocycles. The SMILES string of the molecule is C1=CC2C(N=C1)c1ccccc1N2c1ccc2oc3ccc(-n4c5ccccc5c5ncccc54)cc3c2c1. The number of hydrogen-bond acceptors (Lipinski definition) is 4. The molecule has 0 amide bonds. The monoisotopic (exact) mass is 502 g/mol. The lowest BCUT2D eigenvalue weighted by Crippen LogP contribution is -2.28. The molecule has 0 saturated heterocycles. The zero-order valence-electron chi connectivity index (χ0n) is 20.9. The quantitative estimate of drug-likeness (QED) is 0.239. The fourth-order valence-electron chi connectivity index (χ4n) is 6.52. The van der Waals surface area contributed by atoms with Gasteiger partial charge < -0.3 is 13.9 Å². The molecule has 184 valence electrons. The molecular weight excluding hydrogens is 480 g/mol. The normalized spacial score (nSPS) is 18.0. The van der Waals surface area contributed by atoms with Crippen LogP contribution in [0.5, 0.6) is 0 Å². The number of anilines is 2. The van der Waals surface area contributed by atoms with Crippen LogP contribution in [-0.2, 0) is 0 Å². The summed E-state index contributed by atoms with van der Waals surface area (Å²) in [7, 11) is 0. The number of furan rings is 1. The van der Waals surface area contributed by atoms with Gasteiger partial charge in [-0.3, -0.25) is 9.98 Å². The molecule has 0 spiro atoms. The molecule has 2 aliphatic rings. The van der Waals surface area contributed by atoms with Crippen LogP contribution in [0.2, 0.25) is 0 Å². The molecule has 7 aromatic rings. The molecule has 0 saturated carbocycles. The molecule has 5 heteroatoms. The minimum Gasteiger partial charge on any atom is -0.456 e. The van der Waals surface area contributed by atoms with Crippen molar-refractivity contribution >= 4 is 61.5 Å². The van der Waals surface area contributed by atoms with Crippen LogP contribution >= 0.6 is 0 Å². The maximum atomic E-state index is 6.32. The first kappa shape index (κ1) is 20.8. The maximum absolute atomic E-state index is 6.32. The third-order valence-electron chi connectivity index (χ3n) is 8.18. The Kier molecular flexibility index (Phi) is 4.11. The van der Waals surface area contributed by atoms with E-state index in [2.05, 4.69) is 113 Å². The van der Waals surface area contributed by atoms with E-state index in [4.69, 9.17) is 14.4 Å². The summed E-state index contributed by atoms with van der Waals surface area (Å²) in [4.78, 5) is 11.9. The van der Waals surface area contributed by atoms with Crippen molar-refractivity contribution < 1.29 is 4.42 Å². The summed E-state index contributed by atoms with van der Waals surface area (Å²) in [6, 6.07) is 34.5. The van der Waals surface area contributed by atoms with Crippen LogP contribution < -0.4 is 4.90 Å². The molecule has 5 heterocycles. The van der Waals surface area contributed by atoms with Gasteiger partial charge in [0.05, 0.1) is 22.6 Å². The van der Waals surface area contributed by atoms with Gasteiger partial charge in [-0.05, 0) is 66.7 Å². The van der Waals surface area contributed by atoms with E-state index in [1.54, 1.807) is 0 Å². The van der Waals surface area contributed by atoms with Crippen LogP contribution in [0.15, 0.2) is 125 Å². The van der Waals surface area contributed by atoms with Crippen molar-refractivity contribution in [2.24, 2.45) is 4.99 Å². The molecule has 9 rings (SSSR count). The van der Waals surface area contributed by atoms with Crippen LogP contribution in [-0.4, -0.2) is 21.8 Å². The highest BCUT2D eigenvalue weighted by Crippen LogP contribution is 2.48. The van der Waals surface area contributed by atoms with Crippen LogP contribution in [0.3, 0.4) is 0 Å². The minimum atomic E-state index is 0.110. The summed E-state index contributed by atoms with van der Waals surface area (Å²) in [5.74, 6) is 0. The fourth-order valence-corrected chi connectivity index (χ4v) is 6.52. The van der Waals surface area contributed by atoms with Crippen LogP contribution in [0.1, 0.15) is 11.6 Å². The number of fused-ring (bicyclic) bond motifs is 9. The third kappa shape index (κ3) is 2.84. The molecule has 0 N–H and O–H groups in total. The fraction of sp³-hybridized carbons (Fsp3) is 0.0588. The Hall–Kier alpha value is -5.16. The highest BCUT2D eigenvalue weighted by Gasteiger charge is 2.38. The van der Waals surface area contributed by atoms with Crippen molar-refractivity contribution in [3.05, 3.63) is 121 Å². The molecule has 0 aliphatic carbocycles. The number of allylic oxidation sites excluding steroid dienone is 1. The first-order chi connectivity index (χ1) is 19.3. The molecule has 39 heavy (non-hydrogen) atoms. The summed E-state index contributed by atoms with van der Waals surface area (Å²) >= 11 is 0. The largest absolute Gasteiger partial charge is 0.456 e. The van der Waals surface area contributed by atoms with Crippen molar-refractivity contribution in [2.45, 2.75) is 12.1 Å². The second kappa shape index (κ2) is 7.68. The predicted octanol–water partition coefficient (Wildman–Crippen LogP) is 8.28. The number of hydrogen-bond donors (Lipinski definition) is 0. The number of pyridine rings is 1. The van der Waals surface area contributed by atoms with E-state index in [0.29, 0.717) is 0 Å². The van der Waals surface area contributed by atoms with Crippen LogP contribution in [0, 0.1) is 0 Å². The second-order valence-electron chi connectivity index (χ2n) is 10.2. The van der Waals surface area contributed by atoms with Gasteiger partial charge in [0.1, 0.15) is 17.2 Å². The van der Waals surface area contributed by atoms with E-state index in [-0.39, 0.29) is 12.1 Å². The molecule has 0 bridgehead atoms. The zero-order valence-corrected chi connectivity index (χ0v) is 20.9. The summed E-state index contributed by atoms with van der Waals surface area (Å²) < 4.78 is 8.61. The second-order valence-corrected chi connectivity index (χ2v) is 10.2. The van der Waals surface area contributed by atoms with E-state index in [9.17, 15) is 0 Å². The smallest absolute Gasteiger partial charge is 0.135 e. The first-order valence-corrected chi connectivity index (χ1v) is 13.2. The lowest BCUT2D eigenvalue weighted by Gasteiger charge is -2.28. The van der Waals surface area contributed by atoms with Gasteiger partial charge in [-0.15, -0.1) is 0 Å². The molecule has 0 radical (unpaired) electrons. The van der Waals surface area contributed by atoms with Crippen molar-refractivity contribution in [1.29, 1.82) is 0 Å². The highest BCUT2D eigenvalue weighted by molar-refractivity contribution is 6.09. The number of nitrogens with zero attached hydrogens (tertiary/aromatic N) is 4. The van der Waals surface area contributed by atoms with Crippen molar-refractivity contribution in [2.75, 3.05) is 4.90 Å². The average Bonchev–Trinajstić information content (AvgIpc) is 3.64.